The Kier molecular flexibility index (Phi) is 9.72. The number of aromatic hydroxyl groups is 1. The van der Waals surface area contributed by atoms with E-state index < -0.39 is 42.0 Å². The number of hydrogen-bond donors (Lipinski definition) is 4. The molecule has 0 aliphatic heterocycles. The average Bonchev–Trinajstić information content (AvgIpc) is 3.47. The van der Waals surface area contributed by atoms with Gasteiger partial charge in [-0.1, -0.05) is 26.3 Å². The van der Waals surface area contributed by atoms with Crippen molar-refractivity contribution < 1.29 is 29.0 Å². The molecule has 0 saturated heterocycles. The van der Waals surface area contributed by atoms with Crippen LogP contribution in [0, 0.1) is 12.8 Å². The van der Waals surface area contributed by atoms with Gasteiger partial charge in [-0.05, 0) is 69.7 Å². The summed E-state index contributed by atoms with van der Waals surface area (Å²) in [7, 11) is 0. The van der Waals surface area contributed by atoms with Crippen molar-refractivity contribution in [2.24, 2.45) is 11.7 Å². The summed E-state index contributed by atoms with van der Waals surface area (Å²) in [6, 6.07) is 2.13. The van der Waals surface area contributed by atoms with E-state index in [9.17, 15) is 24.3 Å². The van der Waals surface area contributed by atoms with E-state index in [0.717, 1.165) is 12.8 Å². The molecule has 1 aromatic rings. The van der Waals surface area contributed by atoms with E-state index in [0.29, 0.717) is 24.1 Å². The number of aryl methyl sites for hydroxylation is 1. The van der Waals surface area contributed by atoms with Crippen molar-refractivity contribution in [2.75, 3.05) is 6.54 Å². The Hall–Kier alpha value is -3.30. The first kappa shape index (κ1) is 28.9. The minimum Gasteiger partial charge on any atom is -0.508 e. The van der Waals surface area contributed by atoms with Gasteiger partial charge in [0.2, 0.25) is 17.7 Å². The molecule has 0 heterocycles. The number of alkyl carbamates (subject to hydrolysis) is 1. The Morgan fingerprint density at radius 3 is 2.39 bits per heavy atom. The predicted octanol–water partition coefficient (Wildman–Crippen LogP) is 2.66. The number of nitrogens with two attached hydrogens (primary N) is 1. The van der Waals surface area contributed by atoms with E-state index >= 15 is 0 Å². The second-order valence-electron chi connectivity index (χ2n) is 10.5. The zero-order valence-corrected chi connectivity index (χ0v) is 22.1. The van der Waals surface area contributed by atoms with Crippen LogP contribution in [-0.4, -0.2) is 58.1 Å². The van der Waals surface area contributed by atoms with Gasteiger partial charge < -0.3 is 31.1 Å². The first-order chi connectivity index (χ1) is 16.7. The van der Waals surface area contributed by atoms with Crippen molar-refractivity contribution in [2.45, 2.75) is 91.0 Å². The van der Waals surface area contributed by atoms with Crippen LogP contribution >= 0.6 is 0 Å². The van der Waals surface area contributed by atoms with Gasteiger partial charge in [0.1, 0.15) is 23.4 Å². The van der Waals surface area contributed by atoms with Crippen LogP contribution < -0.4 is 16.4 Å². The van der Waals surface area contributed by atoms with Crippen LogP contribution in [0.5, 0.6) is 5.75 Å². The maximum absolute atomic E-state index is 13.9. The van der Waals surface area contributed by atoms with E-state index in [1.165, 1.54) is 11.0 Å². The van der Waals surface area contributed by atoms with Gasteiger partial charge in [0, 0.05) is 12.6 Å². The second kappa shape index (κ2) is 12.1. The number of nitrogens with one attached hydrogen (secondary N) is 2. The molecule has 1 aliphatic carbocycles. The van der Waals surface area contributed by atoms with Crippen LogP contribution in [0.3, 0.4) is 0 Å². The smallest absolute Gasteiger partial charge is 0.408 e. The van der Waals surface area contributed by atoms with Gasteiger partial charge in [0.25, 0.3) is 0 Å². The third kappa shape index (κ3) is 8.13. The molecule has 10 heteroatoms. The molecule has 2 rings (SSSR count). The molecule has 4 amide bonds. The fourth-order valence-electron chi connectivity index (χ4n) is 3.98. The predicted molar refractivity (Wildman–Crippen MR) is 135 cm³/mol. The lowest BCUT2D eigenvalue weighted by Gasteiger charge is -2.35. The van der Waals surface area contributed by atoms with Crippen LogP contribution in [0.15, 0.2) is 18.2 Å². The summed E-state index contributed by atoms with van der Waals surface area (Å²) in [5, 5.41) is 15.4. The van der Waals surface area contributed by atoms with Gasteiger partial charge in [-0.3, -0.25) is 14.4 Å². The highest BCUT2D eigenvalue weighted by Gasteiger charge is 2.48. The number of hydrogen-bond acceptors (Lipinski definition) is 6. The molecule has 0 spiro atoms. The first-order valence-corrected chi connectivity index (χ1v) is 12.4. The summed E-state index contributed by atoms with van der Waals surface area (Å²) in [5.41, 5.74) is 5.66. The molecule has 4 atom stereocenters. The molecular weight excluding hydrogens is 464 g/mol. The summed E-state index contributed by atoms with van der Waals surface area (Å²) in [4.78, 5) is 53.2. The topological polar surface area (TPSA) is 151 Å². The Balaban J connectivity index is 2.49. The molecule has 0 aromatic heterocycles. The van der Waals surface area contributed by atoms with Crippen molar-refractivity contribution in [3.8, 4) is 5.75 Å². The number of carbonyl (C=O) groups is 4. The van der Waals surface area contributed by atoms with E-state index in [4.69, 9.17) is 10.5 Å². The number of unbranched alkanes of at least 4 members (excludes halogenated alkanes) is 1. The van der Waals surface area contributed by atoms with Crippen molar-refractivity contribution in [3.63, 3.8) is 0 Å². The number of amides is 4. The third-order valence-electron chi connectivity index (χ3n) is 5.97. The monoisotopic (exact) mass is 504 g/mol. The molecule has 1 aromatic carbocycles. The minimum atomic E-state index is -1.31. The lowest BCUT2D eigenvalue weighted by Crippen LogP contribution is -2.55. The third-order valence-corrected chi connectivity index (χ3v) is 5.97. The fourth-order valence-corrected chi connectivity index (χ4v) is 3.98. The highest BCUT2D eigenvalue weighted by Crippen LogP contribution is 2.41. The average molecular weight is 505 g/mol. The van der Waals surface area contributed by atoms with Crippen LogP contribution in [-0.2, 0) is 19.1 Å². The quantitative estimate of drug-likeness (QED) is 0.340. The Morgan fingerprint density at radius 2 is 1.89 bits per heavy atom. The number of carbonyl (C=O) groups excluding carboxylic acids is 4. The summed E-state index contributed by atoms with van der Waals surface area (Å²) in [5.74, 6) is -1.57. The molecule has 10 nitrogen and oxygen atoms in total. The summed E-state index contributed by atoms with van der Waals surface area (Å²) < 4.78 is 5.28. The molecule has 0 radical (unpaired) electrons. The van der Waals surface area contributed by atoms with Crippen molar-refractivity contribution in [1.82, 2.24) is 15.5 Å². The summed E-state index contributed by atoms with van der Waals surface area (Å²) in [6.45, 7) is 11.1. The fraction of sp³-hybridized carbons (Fsp3) is 0.615. The molecule has 5 N–H and O–H groups in total. The standard InChI is InChI=1S/C26H40N4O6/c1-7-8-11-28-23(33)22(17-9-10-20(31)16(3)12-17)30(19-13-15(19)2)24(34)18(14-21(27)32)29-25(35)36-26(4,5)6/h9-10,12,15,18-19,22,31H,7-8,11,13-14H2,1-6H3,(H2,27,32)(H,28,33)(H,29,35). The highest BCUT2D eigenvalue weighted by atomic mass is 16.6. The first-order valence-electron chi connectivity index (χ1n) is 12.4. The van der Waals surface area contributed by atoms with Gasteiger partial charge in [0.05, 0.1) is 6.42 Å². The van der Waals surface area contributed by atoms with Gasteiger partial charge >= 0.3 is 6.09 Å². The number of benzene rings is 1. The molecule has 1 aliphatic rings. The summed E-state index contributed by atoms with van der Waals surface area (Å²) >= 11 is 0. The Labute approximate surface area is 212 Å². The van der Waals surface area contributed by atoms with Gasteiger partial charge in [-0.25, -0.2) is 4.79 Å². The molecule has 1 fully saturated rings. The molecular formula is C26H40N4O6. The van der Waals surface area contributed by atoms with E-state index in [-0.39, 0.29) is 23.6 Å². The Bertz CT molecular complexity index is 974. The van der Waals surface area contributed by atoms with E-state index in [1.807, 2.05) is 13.8 Å². The largest absolute Gasteiger partial charge is 0.508 e. The molecule has 200 valence electrons. The van der Waals surface area contributed by atoms with Crippen molar-refractivity contribution >= 4 is 23.8 Å². The minimum absolute atomic E-state index is 0.0692. The van der Waals surface area contributed by atoms with Gasteiger partial charge in [-0.15, -0.1) is 0 Å². The number of ether oxygens (including phenoxy) is 1. The van der Waals surface area contributed by atoms with Crippen LogP contribution in [0.2, 0.25) is 0 Å². The number of primary amides is 1. The Morgan fingerprint density at radius 1 is 1.25 bits per heavy atom. The SMILES string of the molecule is CCCCNC(=O)C(c1ccc(O)c(C)c1)N(C(=O)C(CC(N)=O)NC(=O)OC(C)(C)C)C1CC1C. The normalized spacial score (nSPS) is 18.5. The highest BCUT2D eigenvalue weighted by molar-refractivity contribution is 5.95. The van der Waals surface area contributed by atoms with Gasteiger partial charge in [0.15, 0.2) is 0 Å². The zero-order chi connectivity index (χ0) is 27.2. The number of phenols is 1. The molecule has 1 saturated carbocycles. The van der Waals surface area contributed by atoms with Crippen LogP contribution in [0.25, 0.3) is 0 Å². The van der Waals surface area contributed by atoms with Crippen LogP contribution in [0.1, 0.15) is 77.5 Å². The van der Waals surface area contributed by atoms with Crippen LogP contribution in [0.4, 0.5) is 4.79 Å². The van der Waals surface area contributed by atoms with Crippen molar-refractivity contribution in [1.29, 1.82) is 0 Å². The lowest BCUT2D eigenvalue weighted by molar-refractivity contribution is -0.144. The molecule has 36 heavy (non-hydrogen) atoms. The maximum Gasteiger partial charge on any atom is 0.408 e. The maximum atomic E-state index is 13.9. The summed E-state index contributed by atoms with van der Waals surface area (Å²) in [6.07, 6.45) is 0.999. The van der Waals surface area contributed by atoms with Crippen molar-refractivity contribution in [3.05, 3.63) is 29.3 Å². The number of rotatable bonds is 11. The van der Waals surface area contributed by atoms with E-state index in [2.05, 4.69) is 10.6 Å². The van der Waals surface area contributed by atoms with E-state index in [1.54, 1.807) is 39.8 Å². The second-order valence-corrected chi connectivity index (χ2v) is 10.5. The lowest BCUT2D eigenvalue weighted by atomic mass is 9.99. The molecule has 4 unspecified atom stereocenters. The molecule has 0 bridgehead atoms. The van der Waals surface area contributed by atoms with Gasteiger partial charge in [-0.2, -0.15) is 0 Å². The number of phenolic OH excluding ortho intramolecular Hbond substituents is 1. The number of nitrogens with zero attached hydrogens (tertiary/aromatic N) is 1. The zero-order valence-electron chi connectivity index (χ0n) is 22.1.